The number of aromatic nitrogens is 2. The van der Waals surface area contributed by atoms with Crippen LogP contribution >= 0.6 is 0 Å². The SMILES string of the molecule is Cn1ncc(N2CCO[C@H](CCNC(=O)C(C)(C)C)C2)cc1=O. The van der Waals surface area contributed by atoms with Crippen molar-refractivity contribution in [2.75, 3.05) is 31.1 Å². The van der Waals surface area contributed by atoms with Gasteiger partial charge in [-0.15, -0.1) is 0 Å². The molecule has 0 unspecified atom stereocenters. The molecule has 7 heteroatoms. The second-order valence-electron chi connectivity index (χ2n) is 6.91. The minimum absolute atomic E-state index is 0.0353. The number of aryl methyl sites for hydroxylation is 1. The number of carbonyl (C=O) groups excluding carboxylic acids is 1. The number of carbonyl (C=O) groups is 1. The predicted molar refractivity (Wildman–Crippen MR) is 88.5 cm³/mol. The molecule has 1 aliphatic heterocycles. The summed E-state index contributed by atoms with van der Waals surface area (Å²) in [6.45, 7) is 8.30. The standard InChI is InChI=1S/C16H26N4O3/c1-16(2,3)15(22)17-6-5-13-11-20(7-8-23-13)12-9-14(21)19(4)18-10-12/h9-10,13H,5-8,11H2,1-4H3,(H,17,22)/t13-/m1/s1. The Hall–Kier alpha value is -1.89. The molecule has 23 heavy (non-hydrogen) atoms. The lowest BCUT2D eigenvalue weighted by Crippen LogP contribution is -2.45. The van der Waals surface area contributed by atoms with Crippen molar-refractivity contribution < 1.29 is 9.53 Å². The predicted octanol–water partition coefficient (Wildman–Crippen LogP) is 0.538. The number of rotatable bonds is 4. The smallest absolute Gasteiger partial charge is 0.268 e. The molecule has 0 bridgehead atoms. The highest BCUT2D eigenvalue weighted by atomic mass is 16.5. The molecule has 1 saturated heterocycles. The Morgan fingerprint density at radius 3 is 2.87 bits per heavy atom. The summed E-state index contributed by atoms with van der Waals surface area (Å²) in [7, 11) is 1.63. The maximum absolute atomic E-state index is 11.9. The molecule has 128 valence electrons. The van der Waals surface area contributed by atoms with Gasteiger partial charge in [-0.25, -0.2) is 4.68 Å². The molecule has 1 amide bonds. The van der Waals surface area contributed by atoms with E-state index in [0.29, 0.717) is 19.7 Å². The van der Waals surface area contributed by atoms with E-state index in [9.17, 15) is 9.59 Å². The fourth-order valence-corrected chi connectivity index (χ4v) is 2.37. The third-order valence-corrected chi connectivity index (χ3v) is 3.89. The number of morpholine rings is 1. The summed E-state index contributed by atoms with van der Waals surface area (Å²) >= 11 is 0. The molecule has 1 aliphatic rings. The van der Waals surface area contributed by atoms with Crippen LogP contribution in [0, 0.1) is 5.41 Å². The summed E-state index contributed by atoms with van der Waals surface area (Å²) in [6.07, 6.45) is 2.48. The van der Waals surface area contributed by atoms with Gasteiger partial charge in [0.25, 0.3) is 5.56 Å². The van der Waals surface area contributed by atoms with Crippen molar-refractivity contribution in [2.45, 2.75) is 33.3 Å². The first-order valence-corrected chi connectivity index (χ1v) is 7.95. The Morgan fingerprint density at radius 2 is 2.22 bits per heavy atom. The lowest BCUT2D eigenvalue weighted by molar-refractivity contribution is -0.128. The molecule has 0 aromatic carbocycles. The largest absolute Gasteiger partial charge is 0.374 e. The zero-order valence-electron chi connectivity index (χ0n) is 14.3. The van der Waals surface area contributed by atoms with Crippen LogP contribution in [0.1, 0.15) is 27.2 Å². The van der Waals surface area contributed by atoms with E-state index >= 15 is 0 Å². The van der Waals surface area contributed by atoms with Gasteiger partial charge in [-0.1, -0.05) is 20.8 Å². The average molecular weight is 322 g/mol. The van der Waals surface area contributed by atoms with Gasteiger partial charge in [0, 0.05) is 38.2 Å². The van der Waals surface area contributed by atoms with E-state index in [4.69, 9.17) is 4.74 Å². The highest BCUT2D eigenvalue weighted by molar-refractivity contribution is 5.81. The quantitative estimate of drug-likeness (QED) is 0.875. The van der Waals surface area contributed by atoms with Crippen LogP contribution in [0.25, 0.3) is 0 Å². The van der Waals surface area contributed by atoms with Gasteiger partial charge in [0.2, 0.25) is 5.91 Å². The fraction of sp³-hybridized carbons (Fsp3) is 0.688. The van der Waals surface area contributed by atoms with Crippen LogP contribution < -0.4 is 15.8 Å². The Kier molecular flexibility index (Phi) is 5.41. The molecule has 0 saturated carbocycles. The summed E-state index contributed by atoms with van der Waals surface area (Å²) in [5, 5.41) is 6.99. The molecule has 2 heterocycles. The first kappa shape index (κ1) is 17.5. The van der Waals surface area contributed by atoms with E-state index in [1.807, 2.05) is 20.8 Å². The Labute approximate surface area is 136 Å². The van der Waals surface area contributed by atoms with E-state index in [1.54, 1.807) is 19.3 Å². The maximum atomic E-state index is 11.9. The summed E-state index contributed by atoms with van der Waals surface area (Å²) in [5.74, 6) is 0.0425. The van der Waals surface area contributed by atoms with Crippen LogP contribution in [0.15, 0.2) is 17.1 Å². The van der Waals surface area contributed by atoms with Crippen LogP contribution in [0.5, 0.6) is 0 Å². The van der Waals surface area contributed by atoms with Crippen LogP contribution in [-0.4, -0.2) is 48.0 Å². The van der Waals surface area contributed by atoms with Crippen LogP contribution in [-0.2, 0) is 16.6 Å². The summed E-state index contributed by atoms with van der Waals surface area (Å²) < 4.78 is 7.06. The maximum Gasteiger partial charge on any atom is 0.268 e. The molecule has 2 rings (SSSR count). The van der Waals surface area contributed by atoms with Crippen molar-refractivity contribution in [1.82, 2.24) is 15.1 Å². The normalized spacial score (nSPS) is 18.8. The second-order valence-corrected chi connectivity index (χ2v) is 6.91. The Morgan fingerprint density at radius 1 is 1.48 bits per heavy atom. The Bertz CT molecular complexity index is 606. The molecule has 1 aromatic heterocycles. The monoisotopic (exact) mass is 322 g/mol. The van der Waals surface area contributed by atoms with Gasteiger partial charge in [-0.05, 0) is 6.42 Å². The van der Waals surface area contributed by atoms with Crippen molar-refractivity contribution in [3.05, 3.63) is 22.6 Å². The molecule has 0 radical (unpaired) electrons. The van der Waals surface area contributed by atoms with Crippen LogP contribution in [0.3, 0.4) is 0 Å². The van der Waals surface area contributed by atoms with Crippen molar-refractivity contribution in [1.29, 1.82) is 0 Å². The van der Waals surface area contributed by atoms with Gasteiger partial charge in [0.05, 0.1) is 24.6 Å². The van der Waals surface area contributed by atoms with E-state index < -0.39 is 0 Å². The van der Waals surface area contributed by atoms with Gasteiger partial charge in [-0.3, -0.25) is 9.59 Å². The molecule has 1 aromatic rings. The number of hydrogen-bond acceptors (Lipinski definition) is 5. The highest BCUT2D eigenvalue weighted by Crippen LogP contribution is 2.16. The van der Waals surface area contributed by atoms with Gasteiger partial charge < -0.3 is 15.0 Å². The number of nitrogens with zero attached hydrogens (tertiary/aromatic N) is 3. The van der Waals surface area contributed by atoms with Crippen molar-refractivity contribution in [3.8, 4) is 0 Å². The van der Waals surface area contributed by atoms with Crippen molar-refractivity contribution in [3.63, 3.8) is 0 Å². The zero-order valence-corrected chi connectivity index (χ0v) is 14.3. The van der Waals surface area contributed by atoms with Gasteiger partial charge in [0.15, 0.2) is 0 Å². The van der Waals surface area contributed by atoms with Gasteiger partial charge in [0.1, 0.15) is 0 Å². The number of nitrogens with one attached hydrogen (secondary N) is 1. The Balaban J connectivity index is 1.87. The second kappa shape index (κ2) is 7.12. The lowest BCUT2D eigenvalue weighted by Gasteiger charge is -2.34. The van der Waals surface area contributed by atoms with E-state index in [-0.39, 0.29) is 23.0 Å². The summed E-state index contributed by atoms with van der Waals surface area (Å²) in [4.78, 5) is 25.7. The molecule has 0 aliphatic carbocycles. The van der Waals surface area contributed by atoms with Crippen LogP contribution in [0.2, 0.25) is 0 Å². The first-order valence-electron chi connectivity index (χ1n) is 7.95. The number of anilines is 1. The number of hydrogen-bond donors (Lipinski definition) is 1. The highest BCUT2D eigenvalue weighted by Gasteiger charge is 2.23. The lowest BCUT2D eigenvalue weighted by atomic mass is 9.95. The van der Waals surface area contributed by atoms with Crippen molar-refractivity contribution in [2.24, 2.45) is 12.5 Å². The summed E-state index contributed by atoms with van der Waals surface area (Å²) in [5.41, 5.74) is 0.318. The summed E-state index contributed by atoms with van der Waals surface area (Å²) in [6, 6.07) is 1.59. The van der Waals surface area contributed by atoms with Crippen LogP contribution in [0.4, 0.5) is 5.69 Å². The van der Waals surface area contributed by atoms with Gasteiger partial charge >= 0.3 is 0 Å². The zero-order chi connectivity index (χ0) is 17.0. The molecule has 7 nitrogen and oxygen atoms in total. The topological polar surface area (TPSA) is 76.5 Å². The number of amides is 1. The minimum Gasteiger partial charge on any atom is -0.374 e. The third kappa shape index (κ3) is 4.79. The van der Waals surface area contributed by atoms with Crippen molar-refractivity contribution >= 4 is 11.6 Å². The molecular formula is C16H26N4O3. The third-order valence-electron chi connectivity index (χ3n) is 3.89. The molecule has 1 atom stereocenters. The molecule has 1 fully saturated rings. The van der Waals surface area contributed by atoms with E-state index in [2.05, 4.69) is 15.3 Å². The van der Waals surface area contributed by atoms with E-state index in [1.165, 1.54) is 4.68 Å². The molecule has 1 N–H and O–H groups in total. The molecular weight excluding hydrogens is 296 g/mol. The first-order chi connectivity index (χ1) is 10.8. The number of ether oxygens (including phenoxy) is 1. The van der Waals surface area contributed by atoms with E-state index in [0.717, 1.165) is 18.7 Å². The average Bonchev–Trinajstić information content (AvgIpc) is 2.49. The van der Waals surface area contributed by atoms with Gasteiger partial charge in [-0.2, -0.15) is 5.10 Å². The fourth-order valence-electron chi connectivity index (χ4n) is 2.37. The minimum atomic E-state index is -0.380. The molecule has 0 spiro atoms.